The van der Waals surface area contributed by atoms with E-state index in [1.54, 1.807) is 0 Å². The summed E-state index contributed by atoms with van der Waals surface area (Å²) in [4.78, 5) is 0. The lowest BCUT2D eigenvalue weighted by molar-refractivity contribution is 0.129. The second-order valence-corrected chi connectivity index (χ2v) is 5.01. The molecule has 0 saturated carbocycles. The number of hydrogen-bond acceptors (Lipinski definition) is 2. The topological polar surface area (TPSA) is 21.3 Å². The van der Waals surface area contributed by atoms with E-state index in [1.165, 1.54) is 37.7 Å². The average molecular weight is 263 g/mol. The van der Waals surface area contributed by atoms with Crippen LogP contribution in [0.4, 0.5) is 0 Å². The second-order valence-electron chi connectivity index (χ2n) is 5.01. The third-order valence-corrected chi connectivity index (χ3v) is 3.20. The zero-order valence-corrected chi connectivity index (χ0v) is 12.4. The molecule has 0 atom stereocenters. The Kier molecular flexibility index (Phi) is 10.4. The van der Waals surface area contributed by atoms with Crippen LogP contribution in [0.2, 0.25) is 0 Å². The molecule has 1 N–H and O–H groups in total. The molecule has 0 aliphatic heterocycles. The highest BCUT2D eigenvalue weighted by molar-refractivity contribution is 5.14. The zero-order valence-electron chi connectivity index (χ0n) is 12.4. The third-order valence-electron chi connectivity index (χ3n) is 3.20. The molecule has 0 saturated heterocycles. The van der Waals surface area contributed by atoms with Crippen LogP contribution in [0, 0.1) is 0 Å². The number of aryl methyl sites for hydroxylation is 1. The van der Waals surface area contributed by atoms with Crippen molar-refractivity contribution in [3.8, 4) is 0 Å². The summed E-state index contributed by atoms with van der Waals surface area (Å²) < 4.78 is 5.52. The Morgan fingerprint density at radius 1 is 0.895 bits per heavy atom. The molecule has 0 aliphatic carbocycles. The van der Waals surface area contributed by atoms with E-state index in [9.17, 15) is 0 Å². The summed E-state index contributed by atoms with van der Waals surface area (Å²) in [5.74, 6) is 0. The fraction of sp³-hybridized carbons (Fsp3) is 0.647. The Balaban J connectivity index is 1.79. The first kappa shape index (κ1) is 16.2. The number of rotatable bonds is 12. The standard InChI is InChI=1S/C17H29NO/c1-2-3-15-19-16-9-14-18-13-8-7-12-17-10-5-4-6-11-17/h4-6,10-11,18H,2-3,7-9,12-16H2,1H3. The van der Waals surface area contributed by atoms with Gasteiger partial charge in [-0.1, -0.05) is 43.7 Å². The van der Waals surface area contributed by atoms with Crippen LogP contribution >= 0.6 is 0 Å². The SMILES string of the molecule is CCCCOCCCNCCCCc1ccccc1. The van der Waals surface area contributed by atoms with Gasteiger partial charge in [-0.15, -0.1) is 0 Å². The molecule has 0 aliphatic rings. The molecule has 108 valence electrons. The molecule has 1 aromatic rings. The molecule has 0 radical (unpaired) electrons. The first-order valence-corrected chi connectivity index (χ1v) is 7.76. The van der Waals surface area contributed by atoms with E-state index in [0.29, 0.717) is 0 Å². The maximum absolute atomic E-state index is 5.52. The van der Waals surface area contributed by atoms with Gasteiger partial charge >= 0.3 is 0 Å². The van der Waals surface area contributed by atoms with Gasteiger partial charge in [0, 0.05) is 13.2 Å². The number of hydrogen-bond donors (Lipinski definition) is 1. The quantitative estimate of drug-likeness (QED) is 0.579. The molecule has 0 aromatic heterocycles. The Labute approximate surface area is 118 Å². The van der Waals surface area contributed by atoms with Crippen molar-refractivity contribution in [2.24, 2.45) is 0 Å². The molecule has 0 fully saturated rings. The molecular weight excluding hydrogens is 234 g/mol. The van der Waals surface area contributed by atoms with Crippen molar-refractivity contribution in [1.82, 2.24) is 5.32 Å². The van der Waals surface area contributed by atoms with Gasteiger partial charge in [-0.25, -0.2) is 0 Å². The fourth-order valence-electron chi connectivity index (χ4n) is 2.00. The van der Waals surface area contributed by atoms with E-state index in [1.807, 2.05) is 0 Å². The van der Waals surface area contributed by atoms with Gasteiger partial charge in [0.15, 0.2) is 0 Å². The van der Waals surface area contributed by atoms with Crippen molar-refractivity contribution in [3.63, 3.8) is 0 Å². The molecular formula is C17H29NO. The summed E-state index contributed by atoms with van der Waals surface area (Å²) in [5, 5.41) is 3.48. The van der Waals surface area contributed by atoms with Gasteiger partial charge in [0.2, 0.25) is 0 Å². The van der Waals surface area contributed by atoms with E-state index >= 15 is 0 Å². The molecule has 0 spiro atoms. The Bertz CT molecular complexity index is 287. The van der Waals surface area contributed by atoms with Gasteiger partial charge in [-0.3, -0.25) is 0 Å². The number of benzene rings is 1. The molecule has 0 bridgehead atoms. The lowest BCUT2D eigenvalue weighted by Crippen LogP contribution is -2.18. The van der Waals surface area contributed by atoms with Gasteiger partial charge in [-0.05, 0) is 50.8 Å². The summed E-state index contributed by atoms with van der Waals surface area (Å²) in [6.45, 7) is 6.23. The van der Waals surface area contributed by atoms with Crippen LogP contribution < -0.4 is 5.32 Å². The molecule has 0 heterocycles. The third kappa shape index (κ3) is 9.69. The first-order chi connectivity index (χ1) is 9.43. The summed E-state index contributed by atoms with van der Waals surface area (Å²) in [7, 11) is 0. The van der Waals surface area contributed by atoms with Crippen molar-refractivity contribution in [1.29, 1.82) is 0 Å². The fourth-order valence-corrected chi connectivity index (χ4v) is 2.00. The number of nitrogens with one attached hydrogen (secondary N) is 1. The largest absolute Gasteiger partial charge is 0.381 e. The highest BCUT2D eigenvalue weighted by atomic mass is 16.5. The van der Waals surface area contributed by atoms with Gasteiger partial charge in [0.1, 0.15) is 0 Å². The van der Waals surface area contributed by atoms with Gasteiger partial charge < -0.3 is 10.1 Å². The first-order valence-electron chi connectivity index (χ1n) is 7.76. The zero-order chi connectivity index (χ0) is 13.6. The van der Waals surface area contributed by atoms with Crippen LogP contribution in [0.25, 0.3) is 0 Å². The van der Waals surface area contributed by atoms with Gasteiger partial charge in [-0.2, -0.15) is 0 Å². The summed E-state index contributed by atoms with van der Waals surface area (Å²) in [5.41, 5.74) is 1.45. The number of unbranched alkanes of at least 4 members (excludes halogenated alkanes) is 2. The van der Waals surface area contributed by atoms with E-state index in [0.717, 1.165) is 32.7 Å². The lowest BCUT2D eigenvalue weighted by atomic mass is 10.1. The van der Waals surface area contributed by atoms with Gasteiger partial charge in [0.25, 0.3) is 0 Å². The second kappa shape index (κ2) is 12.2. The van der Waals surface area contributed by atoms with Crippen molar-refractivity contribution < 1.29 is 4.74 Å². The van der Waals surface area contributed by atoms with Crippen LogP contribution in [0.5, 0.6) is 0 Å². The minimum atomic E-state index is 0.900. The van der Waals surface area contributed by atoms with E-state index in [-0.39, 0.29) is 0 Å². The molecule has 0 unspecified atom stereocenters. The van der Waals surface area contributed by atoms with Crippen LogP contribution in [0.3, 0.4) is 0 Å². The minimum Gasteiger partial charge on any atom is -0.381 e. The monoisotopic (exact) mass is 263 g/mol. The van der Waals surface area contributed by atoms with Crippen LogP contribution in [-0.4, -0.2) is 26.3 Å². The van der Waals surface area contributed by atoms with Crippen molar-refractivity contribution in [2.75, 3.05) is 26.3 Å². The van der Waals surface area contributed by atoms with Crippen molar-refractivity contribution in [3.05, 3.63) is 35.9 Å². The predicted molar refractivity (Wildman–Crippen MR) is 82.6 cm³/mol. The summed E-state index contributed by atoms with van der Waals surface area (Å²) in [6, 6.07) is 10.7. The van der Waals surface area contributed by atoms with Crippen LogP contribution in [0.15, 0.2) is 30.3 Å². The molecule has 0 amide bonds. The minimum absolute atomic E-state index is 0.900. The van der Waals surface area contributed by atoms with E-state index < -0.39 is 0 Å². The van der Waals surface area contributed by atoms with Crippen molar-refractivity contribution >= 4 is 0 Å². The predicted octanol–water partition coefficient (Wildman–Crippen LogP) is 3.81. The van der Waals surface area contributed by atoms with Crippen molar-refractivity contribution in [2.45, 2.75) is 45.4 Å². The Hall–Kier alpha value is -0.860. The highest BCUT2D eigenvalue weighted by Crippen LogP contribution is 2.03. The van der Waals surface area contributed by atoms with E-state index in [4.69, 9.17) is 4.74 Å². The summed E-state index contributed by atoms with van der Waals surface area (Å²) >= 11 is 0. The number of ether oxygens (including phenoxy) is 1. The average Bonchev–Trinajstić information content (AvgIpc) is 2.46. The Morgan fingerprint density at radius 2 is 1.63 bits per heavy atom. The molecule has 19 heavy (non-hydrogen) atoms. The Morgan fingerprint density at radius 3 is 2.42 bits per heavy atom. The highest BCUT2D eigenvalue weighted by Gasteiger charge is 1.93. The molecule has 1 aromatic carbocycles. The lowest BCUT2D eigenvalue weighted by Gasteiger charge is -2.06. The normalized spacial score (nSPS) is 10.8. The maximum Gasteiger partial charge on any atom is 0.0478 e. The molecule has 2 nitrogen and oxygen atoms in total. The smallest absolute Gasteiger partial charge is 0.0478 e. The van der Waals surface area contributed by atoms with E-state index in [2.05, 4.69) is 42.6 Å². The maximum atomic E-state index is 5.52. The summed E-state index contributed by atoms with van der Waals surface area (Å²) in [6.07, 6.45) is 7.26. The molecule has 2 heteroatoms. The van der Waals surface area contributed by atoms with Crippen LogP contribution in [-0.2, 0) is 11.2 Å². The molecule has 1 rings (SSSR count). The van der Waals surface area contributed by atoms with Crippen LogP contribution in [0.1, 0.15) is 44.6 Å². The van der Waals surface area contributed by atoms with Gasteiger partial charge in [0.05, 0.1) is 0 Å².